The average molecular weight is 309 g/mol. The van der Waals surface area contributed by atoms with Gasteiger partial charge in [-0.15, -0.1) is 0 Å². The van der Waals surface area contributed by atoms with E-state index in [4.69, 9.17) is 22.1 Å². The Morgan fingerprint density at radius 1 is 1.29 bits per heavy atom. The Balaban J connectivity index is 2.23. The zero-order valence-electron chi connectivity index (χ0n) is 11.3. The van der Waals surface area contributed by atoms with Gasteiger partial charge < -0.3 is 15.8 Å². The van der Waals surface area contributed by atoms with Crippen molar-refractivity contribution in [1.82, 2.24) is 0 Å². The third-order valence-corrected chi connectivity index (χ3v) is 3.08. The van der Waals surface area contributed by atoms with E-state index in [-0.39, 0.29) is 5.02 Å². The lowest BCUT2D eigenvalue weighted by Gasteiger charge is -2.12. The maximum Gasteiger partial charge on any atom is 0.338 e. The summed E-state index contributed by atoms with van der Waals surface area (Å²) in [5.41, 5.74) is 7.71. The predicted octanol–water partition coefficient (Wildman–Crippen LogP) is 3.98. The molecule has 0 aliphatic heterocycles. The topological polar surface area (TPSA) is 64.3 Å². The molecule has 0 heterocycles. The van der Waals surface area contributed by atoms with E-state index in [2.05, 4.69) is 5.32 Å². The van der Waals surface area contributed by atoms with Crippen LogP contribution in [0, 0.1) is 5.82 Å². The molecule has 2 aromatic rings. The minimum atomic E-state index is -0.435. The van der Waals surface area contributed by atoms with Gasteiger partial charge in [-0.3, -0.25) is 0 Å². The second-order valence-corrected chi connectivity index (χ2v) is 4.68. The van der Waals surface area contributed by atoms with E-state index in [0.29, 0.717) is 29.2 Å². The van der Waals surface area contributed by atoms with E-state index in [1.54, 1.807) is 19.1 Å². The first-order chi connectivity index (χ1) is 10.0. The van der Waals surface area contributed by atoms with Crippen molar-refractivity contribution in [3.8, 4) is 0 Å². The molecule has 0 aliphatic rings. The number of ether oxygens (including phenoxy) is 1. The van der Waals surface area contributed by atoms with E-state index in [1.807, 2.05) is 0 Å². The average Bonchev–Trinajstić information content (AvgIpc) is 2.44. The molecule has 2 rings (SSSR count). The van der Waals surface area contributed by atoms with Gasteiger partial charge in [0.15, 0.2) is 0 Å². The summed E-state index contributed by atoms with van der Waals surface area (Å²) in [6, 6.07) is 8.74. The van der Waals surface area contributed by atoms with Gasteiger partial charge in [0.25, 0.3) is 0 Å². The van der Waals surface area contributed by atoms with Crippen molar-refractivity contribution in [2.75, 3.05) is 17.7 Å². The highest BCUT2D eigenvalue weighted by Crippen LogP contribution is 2.29. The van der Waals surface area contributed by atoms with Crippen molar-refractivity contribution < 1.29 is 13.9 Å². The molecule has 3 N–H and O–H groups in total. The Hall–Kier alpha value is -2.27. The number of nitrogens with two attached hydrogens (primary N) is 1. The number of hydrogen-bond acceptors (Lipinski definition) is 4. The number of benzene rings is 2. The van der Waals surface area contributed by atoms with Gasteiger partial charge in [-0.25, -0.2) is 9.18 Å². The quantitative estimate of drug-likeness (QED) is 0.662. The Morgan fingerprint density at radius 2 is 2.00 bits per heavy atom. The summed E-state index contributed by atoms with van der Waals surface area (Å²) in [6.07, 6.45) is 0. The molecule has 0 bridgehead atoms. The zero-order chi connectivity index (χ0) is 15.4. The summed E-state index contributed by atoms with van der Waals surface area (Å²) in [5, 5.41) is 3.23. The number of halogens is 2. The van der Waals surface area contributed by atoms with E-state index < -0.39 is 11.8 Å². The highest BCUT2D eigenvalue weighted by molar-refractivity contribution is 6.33. The Labute approximate surface area is 126 Å². The van der Waals surface area contributed by atoms with Gasteiger partial charge in [-0.2, -0.15) is 0 Å². The van der Waals surface area contributed by atoms with Crippen LogP contribution < -0.4 is 11.1 Å². The molecule has 2 aromatic carbocycles. The van der Waals surface area contributed by atoms with E-state index >= 15 is 0 Å². The summed E-state index contributed by atoms with van der Waals surface area (Å²) in [7, 11) is 0. The van der Waals surface area contributed by atoms with Crippen LogP contribution in [0.15, 0.2) is 36.4 Å². The number of nitrogen functional groups attached to an aromatic ring is 1. The van der Waals surface area contributed by atoms with Crippen LogP contribution >= 0.6 is 11.6 Å². The molecule has 0 aliphatic carbocycles. The van der Waals surface area contributed by atoms with Crippen molar-refractivity contribution >= 4 is 34.6 Å². The van der Waals surface area contributed by atoms with Crippen molar-refractivity contribution in [2.45, 2.75) is 6.92 Å². The lowest BCUT2D eigenvalue weighted by atomic mass is 10.1. The number of carbonyl (C=O) groups excluding carboxylic acids is 1. The van der Waals surface area contributed by atoms with Crippen molar-refractivity contribution in [3.63, 3.8) is 0 Å². The third-order valence-electron chi connectivity index (χ3n) is 2.76. The number of esters is 1. The molecule has 0 unspecified atom stereocenters. The van der Waals surface area contributed by atoms with Crippen molar-refractivity contribution in [1.29, 1.82) is 0 Å². The van der Waals surface area contributed by atoms with Crippen LogP contribution in [0.4, 0.5) is 21.5 Å². The number of hydrogen-bond donors (Lipinski definition) is 2. The SMILES string of the molecule is CCOC(=O)c1ccc(Nc2ccc(F)cc2Cl)c(N)c1. The van der Waals surface area contributed by atoms with Crippen molar-refractivity contribution in [2.24, 2.45) is 0 Å². The lowest BCUT2D eigenvalue weighted by Crippen LogP contribution is -2.06. The van der Waals surface area contributed by atoms with E-state index in [0.717, 1.165) is 0 Å². The summed E-state index contributed by atoms with van der Waals surface area (Å²) < 4.78 is 17.9. The third kappa shape index (κ3) is 3.64. The van der Waals surface area contributed by atoms with Gasteiger partial charge in [0.2, 0.25) is 0 Å². The van der Waals surface area contributed by atoms with Gasteiger partial charge in [-0.1, -0.05) is 11.6 Å². The summed E-state index contributed by atoms with van der Waals surface area (Å²) >= 11 is 5.94. The van der Waals surface area contributed by atoms with Gasteiger partial charge in [-0.05, 0) is 43.3 Å². The molecular weight excluding hydrogens is 295 g/mol. The van der Waals surface area contributed by atoms with Crippen LogP contribution in [-0.2, 0) is 4.74 Å². The molecule has 4 nitrogen and oxygen atoms in total. The minimum absolute atomic E-state index is 0.240. The van der Waals surface area contributed by atoms with Gasteiger partial charge in [0.1, 0.15) is 5.82 Å². The fourth-order valence-electron chi connectivity index (χ4n) is 1.75. The first-order valence-electron chi connectivity index (χ1n) is 6.30. The molecule has 0 amide bonds. The van der Waals surface area contributed by atoms with E-state index in [1.165, 1.54) is 24.3 Å². The highest BCUT2D eigenvalue weighted by atomic mass is 35.5. The molecule has 21 heavy (non-hydrogen) atoms. The van der Waals surface area contributed by atoms with Crippen LogP contribution in [0.3, 0.4) is 0 Å². The van der Waals surface area contributed by atoms with Crippen LogP contribution in [0.25, 0.3) is 0 Å². The fraction of sp³-hybridized carbons (Fsp3) is 0.133. The maximum atomic E-state index is 13.0. The number of carbonyl (C=O) groups is 1. The Bertz CT molecular complexity index is 677. The van der Waals surface area contributed by atoms with Gasteiger partial charge in [0, 0.05) is 0 Å². The number of nitrogens with one attached hydrogen (secondary N) is 1. The summed E-state index contributed by atoms with van der Waals surface area (Å²) in [4.78, 5) is 11.6. The zero-order valence-corrected chi connectivity index (χ0v) is 12.1. The second kappa shape index (κ2) is 6.45. The van der Waals surface area contributed by atoms with Gasteiger partial charge in [0.05, 0.1) is 34.3 Å². The molecule has 0 saturated heterocycles. The largest absolute Gasteiger partial charge is 0.462 e. The molecular formula is C15H14ClFN2O2. The van der Waals surface area contributed by atoms with Crippen LogP contribution in [-0.4, -0.2) is 12.6 Å². The monoisotopic (exact) mass is 308 g/mol. The molecule has 0 radical (unpaired) electrons. The predicted molar refractivity (Wildman–Crippen MR) is 81.5 cm³/mol. The fourth-order valence-corrected chi connectivity index (χ4v) is 1.97. The van der Waals surface area contributed by atoms with Gasteiger partial charge >= 0.3 is 5.97 Å². The normalized spacial score (nSPS) is 10.2. The first-order valence-corrected chi connectivity index (χ1v) is 6.67. The molecule has 0 aromatic heterocycles. The molecule has 0 saturated carbocycles. The first kappa shape index (κ1) is 15.1. The van der Waals surface area contributed by atoms with Crippen LogP contribution in [0.5, 0.6) is 0 Å². The van der Waals surface area contributed by atoms with Crippen LogP contribution in [0.1, 0.15) is 17.3 Å². The smallest absolute Gasteiger partial charge is 0.338 e. The highest BCUT2D eigenvalue weighted by Gasteiger charge is 2.10. The number of rotatable bonds is 4. The maximum absolute atomic E-state index is 13.0. The molecule has 0 spiro atoms. The molecule has 6 heteroatoms. The number of anilines is 3. The van der Waals surface area contributed by atoms with E-state index in [9.17, 15) is 9.18 Å². The molecule has 0 atom stereocenters. The second-order valence-electron chi connectivity index (χ2n) is 4.27. The Kier molecular flexibility index (Phi) is 4.65. The lowest BCUT2D eigenvalue weighted by molar-refractivity contribution is 0.0526. The van der Waals surface area contributed by atoms with Crippen LogP contribution in [0.2, 0.25) is 5.02 Å². The minimum Gasteiger partial charge on any atom is -0.462 e. The molecule has 110 valence electrons. The summed E-state index contributed by atoms with van der Waals surface area (Å²) in [5.74, 6) is -0.855. The molecule has 0 fully saturated rings. The summed E-state index contributed by atoms with van der Waals surface area (Å²) in [6.45, 7) is 2.03. The van der Waals surface area contributed by atoms with Crippen molar-refractivity contribution in [3.05, 3.63) is 52.8 Å². The standard InChI is InChI=1S/C15H14ClFN2O2/c1-2-21-15(20)9-3-5-14(12(18)7-9)19-13-6-4-10(17)8-11(13)16/h3-8,19H,2,18H2,1H3. The Morgan fingerprint density at radius 3 is 2.62 bits per heavy atom.